The first-order valence-corrected chi connectivity index (χ1v) is 23.2. The zero-order valence-corrected chi connectivity index (χ0v) is 36.2. The average molecular weight is 869 g/mol. The van der Waals surface area contributed by atoms with Crippen molar-refractivity contribution in [3.05, 3.63) is 60.8 Å². The fourth-order valence-electron chi connectivity index (χ4n) is 4.99. The van der Waals surface area contributed by atoms with Gasteiger partial charge < -0.3 is 44.6 Å². The van der Waals surface area contributed by atoms with Gasteiger partial charge in [0.05, 0.1) is 38.1 Å². The maximum Gasteiger partial charge on any atom is 0.472 e. The van der Waals surface area contributed by atoms with E-state index >= 15 is 0 Å². The third kappa shape index (κ3) is 36.8. The van der Waals surface area contributed by atoms with Gasteiger partial charge in [-0.15, -0.1) is 0 Å². The molecule has 0 heterocycles. The number of esters is 2. The largest absolute Gasteiger partial charge is 0.472 e. The second-order valence-electron chi connectivity index (χ2n) is 14.2. The zero-order valence-electron chi connectivity index (χ0n) is 34.4. The molecule has 0 bridgehead atoms. The van der Waals surface area contributed by atoms with E-state index in [2.05, 4.69) is 22.9 Å². The lowest BCUT2D eigenvalue weighted by Gasteiger charge is -2.20. The molecule has 0 saturated carbocycles. The van der Waals surface area contributed by atoms with E-state index in [1.165, 1.54) is 31.8 Å². The molecule has 0 aliphatic carbocycles. The number of carbonyl (C=O) groups is 2. The lowest BCUT2D eigenvalue weighted by atomic mass is 10.0. The van der Waals surface area contributed by atoms with Gasteiger partial charge in [0.25, 0.3) is 0 Å². The van der Waals surface area contributed by atoms with E-state index < -0.39 is 84.5 Å². The predicted octanol–water partition coefficient (Wildman–Crippen LogP) is 6.44. The van der Waals surface area contributed by atoms with Gasteiger partial charge in [0.15, 0.2) is 6.10 Å². The molecule has 0 amide bonds. The summed E-state index contributed by atoms with van der Waals surface area (Å²) in [5, 5.41) is 40.1. The van der Waals surface area contributed by atoms with E-state index in [1.807, 2.05) is 19.1 Å². The third-order valence-corrected chi connectivity index (χ3v) is 9.62. The summed E-state index contributed by atoms with van der Waals surface area (Å²) in [6, 6.07) is 0. The predicted molar refractivity (Wildman–Crippen MR) is 220 cm³/mol. The highest BCUT2D eigenvalue weighted by Gasteiger charge is 2.28. The van der Waals surface area contributed by atoms with Crippen LogP contribution < -0.4 is 0 Å². The van der Waals surface area contributed by atoms with E-state index in [9.17, 15) is 44.0 Å². The second-order valence-corrected chi connectivity index (χ2v) is 16.9. The molecule has 0 aromatic rings. The van der Waals surface area contributed by atoms with E-state index in [1.54, 1.807) is 42.5 Å². The number of hydrogen-bond donors (Lipinski definition) is 7. The molecule has 1 unspecified atom stereocenters. The maximum absolute atomic E-state index is 12.6. The summed E-state index contributed by atoms with van der Waals surface area (Å²) in [7, 11) is -9.79. The highest BCUT2D eigenvalue weighted by atomic mass is 31.2. The molecule has 7 N–H and O–H groups in total. The molecular formula is C40H70O16P2. The molecule has 0 aromatic carbocycles. The van der Waals surface area contributed by atoms with Crippen molar-refractivity contribution in [1.82, 2.24) is 0 Å². The van der Waals surface area contributed by atoms with Crippen LogP contribution in [0.4, 0.5) is 0 Å². The Balaban J connectivity index is 4.88. The molecule has 58 heavy (non-hydrogen) atoms. The monoisotopic (exact) mass is 868 g/mol. The second kappa shape index (κ2) is 34.4. The van der Waals surface area contributed by atoms with Crippen molar-refractivity contribution in [2.45, 2.75) is 148 Å². The van der Waals surface area contributed by atoms with Gasteiger partial charge in [-0.05, 0) is 38.0 Å². The van der Waals surface area contributed by atoms with Crippen molar-refractivity contribution in [2.75, 3.05) is 26.4 Å². The Bertz CT molecular complexity index is 1330. The van der Waals surface area contributed by atoms with Crippen LogP contribution in [0.3, 0.4) is 0 Å². The molecule has 0 aromatic heterocycles. The third-order valence-electron chi connectivity index (χ3n) is 8.18. The van der Waals surface area contributed by atoms with Gasteiger partial charge in [-0.25, -0.2) is 9.13 Å². The zero-order chi connectivity index (χ0) is 43.7. The molecular weight excluding hydrogens is 798 g/mol. The molecule has 0 radical (unpaired) electrons. The molecule has 0 aliphatic heterocycles. The van der Waals surface area contributed by atoms with Crippen LogP contribution in [0.2, 0.25) is 0 Å². The van der Waals surface area contributed by atoms with Crippen LogP contribution in [0.5, 0.6) is 0 Å². The summed E-state index contributed by atoms with van der Waals surface area (Å²) >= 11 is 0. The van der Waals surface area contributed by atoms with Crippen molar-refractivity contribution in [3.63, 3.8) is 0 Å². The number of ether oxygens (including phenoxy) is 2. The summed E-state index contributed by atoms with van der Waals surface area (Å²) in [5.41, 5.74) is 0. The minimum absolute atomic E-state index is 0.0544. The van der Waals surface area contributed by atoms with Crippen LogP contribution >= 0.6 is 15.6 Å². The number of aliphatic hydroxyl groups is 4. The van der Waals surface area contributed by atoms with Crippen molar-refractivity contribution in [2.24, 2.45) is 5.92 Å². The normalized spacial score (nSPS) is 16.5. The van der Waals surface area contributed by atoms with E-state index in [0.717, 1.165) is 32.1 Å². The topological polar surface area (TPSA) is 256 Å². The molecule has 18 heteroatoms. The quantitative estimate of drug-likeness (QED) is 0.0118. The molecule has 336 valence electrons. The van der Waals surface area contributed by atoms with Gasteiger partial charge in [-0.2, -0.15) is 0 Å². The molecule has 0 spiro atoms. The SMILES string of the molecule is CC/C=C\C[C@@H](O)/C=C/C=C/C=C\C=C/[C@H](O)[C@@H](O)CCCC(=O)OC[C@H](COP(=O)(O)OC[C@@H](O)COP(=O)(O)O)OC(=O)CCCCCCCCCCC(C)C. The van der Waals surface area contributed by atoms with Gasteiger partial charge in [-0.3, -0.25) is 23.2 Å². The van der Waals surface area contributed by atoms with Crippen LogP contribution in [0.1, 0.15) is 117 Å². The summed E-state index contributed by atoms with van der Waals surface area (Å²) in [5.74, 6) is -0.662. The van der Waals surface area contributed by atoms with Crippen molar-refractivity contribution >= 4 is 27.6 Å². The number of phosphoric acid groups is 2. The van der Waals surface area contributed by atoms with Crippen molar-refractivity contribution in [1.29, 1.82) is 0 Å². The van der Waals surface area contributed by atoms with E-state index in [-0.39, 0.29) is 25.7 Å². The lowest BCUT2D eigenvalue weighted by molar-refractivity contribution is -0.161. The Hall–Kier alpha value is -2.30. The maximum atomic E-state index is 12.6. The molecule has 0 fully saturated rings. The van der Waals surface area contributed by atoms with Crippen LogP contribution in [0, 0.1) is 5.92 Å². The van der Waals surface area contributed by atoms with Crippen LogP contribution in [0.25, 0.3) is 0 Å². The van der Waals surface area contributed by atoms with E-state index in [4.69, 9.17) is 23.8 Å². The Morgan fingerprint density at radius 3 is 1.79 bits per heavy atom. The standard InChI is InChI=1S/C40H70O16P2/c1-4-5-16-23-34(41)24-18-13-10-11-14-19-25-37(43)38(44)26-21-28-39(45)52-31-36(32-55-58(50,51)54-30-35(42)29-53-57(47,48)49)56-40(46)27-20-15-9-7-6-8-12-17-22-33(2)3/h5,10-11,13-14,16,18-19,24-25,33-38,41-44H,4,6-9,12,15,17,20-23,26-32H2,1-3H3,(H,50,51)(H2,47,48,49)/b13-10+,14-11-,16-5-,24-18+,25-19-/t34-,35+,36-,37+,38+/m1/s1. The van der Waals surface area contributed by atoms with Crippen LogP contribution in [0.15, 0.2) is 60.8 Å². The minimum Gasteiger partial charge on any atom is -0.462 e. The average Bonchev–Trinajstić information content (AvgIpc) is 3.15. The van der Waals surface area contributed by atoms with E-state index in [0.29, 0.717) is 18.8 Å². The Kier molecular flexibility index (Phi) is 33.1. The number of carbonyl (C=O) groups excluding carboxylic acids is 2. The van der Waals surface area contributed by atoms with Gasteiger partial charge in [0.2, 0.25) is 0 Å². The Morgan fingerprint density at radius 2 is 1.17 bits per heavy atom. The molecule has 6 atom stereocenters. The van der Waals surface area contributed by atoms with Gasteiger partial charge in [-0.1, -0.05) is 133 Å². The first kappa shape index (κ1) is 55.7. The number of rotatable bonds is 36. The lowest BCUT2D eigenvalue weighted by Crippen LogP contribution is -2.30. The summed E-state index contributed by atoms with van der Waals surface area (Å²) in [6.07, 6.45) is 22.0. The summed E-state index contributed by atoms with van der Waals surface area (Å²) < 4.78 is 47.4. The number of unbranched alkanes of at least 4 members (excludes halogenated alkanes) is 7. The highest BCUT2D eigenvalue weighted by Crippen LogP contribution is 2.43. The summed E-state index contributed by atoms with van der Waals surface area (Å²) in [4.78, 5) is 52.6. The minimum atomic E-state index is -4.90. The van der Waals surface area contributed by atoms with Gasteiger partial charge in [0.1, 0.15) is 12.7 Å². The molecule has 16 nitrogen and oxygen atoms in total. The first-order chi connectivity index (χ1) is 27.4. The van der Waals surface area contributed by atoms with Crippen molar-refractivity contribution in [3.8, 4) is 0 Å². The fraction of sp³-hybridized carbons (Fsp3) is 0.700. The smallest absolute Gasteiger partial charge is 0.462 e. The number of phosphoric ester groups is 2. The first-order valence-electron chi connectivity index (χ1n) is 20.2. The van der Waals surface area contributed by atoms with Gasteiger partial charge >= 0.3 is 27.6 Å². The Labute approximate surface area is 344 Å². The summed E-state index contributed by atoms with van der Waals surface area (Å²) in [6.45, 7) is 3.38. The highest BCUT2D eigenvalue weighted by molar-refractivity contribution is 7.47. The van der Waals surface area contributed by atoms with Gasteiger partial charge in [0, 0.05) is 12.8 Å². The van der Waals surface area contributed by atoms with Crippen LogP contribution in [-0.2, 0) is 41.8 Å². The van der Waals surface area contributed by atoms with Crippen molar-refractivity contribution < 1.29 is 76.9 Å². The molecule has 0 saturated heterocycles. The Morgan fingerprint density at radius 1 is 0.621 bits per heavy atom. The fourth-order valence-corrected chi connectivity index (χ4v) is 6.15. The molecule has 0 aliphatic rings. The van der Waals surface area contributed by atoms with Crippen LogP contribution in [-0.4, -0.2) is 104 Å². The number of hydrogen-bond acceptors (Lipinski definition) is 13. The molecule has 0 rings (SSSR count). The number of allylic oxidation sites excluding steroid dienone is 7. The number of aliphatic hydroxyl groups excluding tert-OH is 4.